The fourth-order valence-corrected chi connectivity index (χ4v) is 2.91. The summed E-state index contributed by atoms with van der Waals surface area (Å²) in [5, 5.41) is 20.0. The second-order valence-corrected chi connectivity index (χ2v) is 6.11. The fourth-order valence-electron chi connectivity index (χ4n) is 2.70. The quantitative estimate of drug-likeness (QED) is 0.748. The smallest absolute Gasteiger partial charge is 0.151 e. The van der Waals surface area contributed by atoms with Gasteiger partial charge in [-0.25, -0.2) is 4.98 Å². The van der Waals surface area contributed by atoms with Gasteiger partial charge in [0.2, 0.25) is 0 Å². The zero-order valence-electron chi connectivity index (χ0n) is 12.0. The van der Waals surface area contributed by atoms with Gasteiger partial charge in [0.15, 0.2) is 5.15 Å². The molecule has 0 bridgehead atoms. The molecule has 1 aromatic heterocycles. The molecule has 6 heteroatoms. The Morgan fingerprint density at radius 1 is 1.50 bits per heavy atom. The lowest BCUT2D eigenvalue weighted by molar-refractivity contribution is -0.0689. The van der Waals surface area contributed by atoms with Crippen LogP contribution in [0.5, 0.6) is 0 Å². The summed E-state index contributed by atoms with van der Waals surface area (Å²) in [7, 11) is 0. The first kappa shape index (κ1) is 15.8. The van der Waals surface area contributed by atoms with Gasteiger partial charge in [-0.15, -0.1) is 0 Å². The largest absolute Gasteiger partial charge is 0.393 e. The maximum atomic E-state index is 10.2. The third kappa shape index (κ3) is 3.95. The number of H-pyrrole nitrogens is 1. The monoisotopic (exact) mass is 301 g/mol. The van der Waals surface area contributed by atoms with Gasteiger partial charge in [-0.1, -0.05) is 24.9 Å². The number of hydrogen-bond acceptors (Lipinski definition) is 4. The van der Waals surface area contributed by atoms with Crippen LogP contribution in [0.15, 0.2) is 0 Å². The number of likely N-dealkylation sites (tertiary alicyclic amines) is 1. The number of piperidine rings is 1. The minimum Gasteiger partial charge on any atom is -0.393 e. The van der Waals surface area contributed by atoms with Crippen molar-refractivity contribution in [3.05, 3.63) is 16.7 Å². The van der Waals surface area contributed by atoms with Gasteiger partial charge in [-0.2, -0.15) is 0 Å². The molecule has 1 aromatic rings. The number of nitrogens with zero attached hydrogens (tertiary/aromatic N) is 2. The highest BCUT2D eigenvalue weighted by atomic mass is 35.5. The summed E-state index contributed by atoms with van der Waals surface area (Å²) in [4.78, 5) is 9.74. The molecule has 3 N–H and O–H groups in total. The standard InChI is InChI=1S/C14H24ClN3O2/c1-2-3-5-12-16-11(13(15)17-12)8-18-7-4-6-14(20,9-18)10-19/h19-20H,2-10H2,1H3,(H,16,17)/t14-/m1/s1. The van der Waals surface area contributed by atoms with E-state index in [1.165, 1.54) is 0 Å². The average Bonchev–Trinajstić information content (AvgIpc) is 2.77. The number of aromatic nitrogens is 2. The Bertz CT molecular complexity index is 438. The van der Waals surface area contributed by atoms with Gasteiger partial charge in [-0.3, -0.25) is 4.90 Å². The maximum Gasteiger partial charge on any atom is 0.151 e. The Kier molecular flexibility index (Phi) is 5.43. The molecule has 0 saturated carbocycles. The molecule has 1 atom stereocenters. The maximum absolute atomic E-state index is 10.2. The van der Waals surface area contributed by atoms with Crippen molar-refractivity contribution in [2.24, 2.45) is 0 Å². The van der Waals surface area contributed by atoms with Crippen LogP contribution in [0.3, 0.4) is 0 Å². The number of rotatable bonds is 6. The van der Waals surface area contributed by atoms with E-state index in [1.54, 1.807) is 0 Å². The Balaban J connectivity index is 1.97. The van der Waals surface area contributed by atoms with Crippen LogP contribution < -0.4 is 0 Å². The van der Waals surface area contributed by atoms with Gasteiger partial charge in [-0.05, 0) is 25.8 Å². The second kappa shape index (κ2) is 6.89. The molecular weight excluding hydrogens is 278 g/mol. The van der Waals surface area contributed by atoms with Gasteiger partial charge in [0.1, 0.15) is 11.4 Å². The highest BCUT2D eigenvalue weighted by Crippen LogP contribution is 2.23. The zero-order valence-corrected chi connectivity index (χ0v) is 12.8. The van der Waals surface area contributed by atoms with E-state index >= 15 is 0 Å². The number of aliphatic hydroxyl groups is 2. The van der Waals surface area contributed by atoms with Crippen molar-refractivity contribution in [1.82, 2.24) is 14.9 Å². The van der Waals surface area contributed by atoms with Crippen molar-refractivity contribution in [2.45, 2.75) is 51.2 Å². The van der Waals surface area contributed by atoms with E-state index < -0.39 is 5.60 Å². The van der Waals surface area contributed by atoms with Crippen LogP contribution in [0.1, 0.15) is 44.1 Å². The van der Waals surface area contributed by atoms with Gasteiger partial charge in [0.25, 0.3) is 0 Å². The van der Waals surface area contributed by atoms with Crippen LogP contribution in [0, 0.1) is 0 Å². The topological polar surface area (TPSA) is 72.4 Å². The summed E-state index contributed by atoms with van der Waals surface area (Å²) >= 11 is 6.17. The van der Waals surface area contributed by atoms with Crippen molar-refractivity contribution in [3.8, 4) is 0 Å². The van der Waals surface area contributed by atoms with Crippen molar-refractivity contribution < 1.29 is 10.2 Å². The number of hydrogen-bond donors (Lipinski definition) is 3. The Morgan fingerprint density at radius 3 is 3.00 bits per heavy atom. The molecular formula is C14H24ClN3O2. The van der Waals surface area contributed by atoms with Gasteiger partial charge < -0.3 is 15.2 Å². The zero-order chi connectivity index (χ0) is 14.6. The van der Waals surface area contributed by atoms with Crippen LogP contribution in [0.2, 0.25) is 5.15 Å². The summed E-state index contributed by atoms with van der Waals surface area (Å²) < 4.78 is 0. The molecule has 1 saturated heterocycles. The summed E-state index contributed by atoms with van der Waals surface area (Å²) in [6.45, 7) is 3.97. The molecule has 1 aliphatic rings. The number of unbranched alkanes of at least 4 members (excludes halogenated alkanes) is 1. The van der Waals surface area contributed by atoms with Crippen molar-refractivity contribution in [2.75, 3.05) is 19.7 Å². The number of halogens is 1. The number of nitrogens with one attached hydrogen (secondary N) is 1. The van der Waals surface area contributed by atoms with Crippen LogP contribution in [-0.4, -0.2) is 50.4 Å². The number of imidazole rings is 1. The number of aromatic amines is 1. The minimum atomic E-state index is -0.976. The summed E-state index contributed by atoms with van der Waals surface area (Å²) in [5.74, 6) is 0.932. The lowest BCUT2D eigenvalue weighted by atomic mass is 9.94. The highest BCUT2D eigenvalue weighted by Gasteiger charge is 2.32. The number of aryl methyl sites for hydroxylation is 1. The first-order valence-corrected chi connectivity index (χ1v) is 7.73. The van der Waals surface area contributed by atoms with Crippen molar-refractivity contribution in [3.63, 3.8) is 0 Å². The molecule has 2 rings (SSSR count). The van der Waals surface area contributed by atoms with E-state index in [0.29, 0.717) is 24.7 Å². The van der Waals surface area contributed by atoms with E-state index in [9.17, 15) is 10.2 Å². The van der Waals surface area contributed by atoms with Crippen LogP contribution in [0.4, 0.5) is 0 Å². The van der Waals surface area contributed by atoms with Gasteiger partial charge >= 0.3 is 0 Å². The SMILES string of the molecule is CCCCc1nc(Cl)c(CN2CCC[C@](O)(CO)C2)[nH]1. The van der Waals surface area contributed by atoms with E-state index in [1.807, 2.05) is 0 Å². The van der Waals surface area contributed by atoms with Crippen LogP contribution in [0.25, 0.3) is 0 Å². The number of aliphatic hydroxyl groups excluding tert-OH is 1. The molecule has 114 valence electrons. The lowest BCUT2D eigenvalue weighted by Crippen LogP contribution is -2.50. The third-order valence-electron chi connectivity index (χ3n) is 3.85. The van der Waals surface area contributed by atoms with Gasteiger partial charge in [0, 0.05) is 19.5 Å². The third-order valence-corrected chi connectivity index (χ3v) is 4.17. The molecule has 1 fully saturated rings. The molecule has 0 aliphatic carbocycles. The van der Waals surface area contributed by atoms with Crippen LogP contribution >= 0.6 is 11.6 Å². The second-order valence-electron chi connectivity index (χ2n) is 5.75. The van der Waals surface area contributed by atoms with E-state index in [2.05, 4.69) is 21.8 Å². The normalized spacial score (nSPS) is 24.2. The summed E-state index contributed by atoms with van der Waals surface area (Å²) in [6.07, 6.45) is 4.67. The van der Waals surface area contributed by atoms with Crippen molar-refractivity contribution >= 4 is 11.6 Å². The van der Waals surface area contributed by atoms with Gasteiger partial charge in [0.05, 0.1) is 12.3 Å². The van der Waals surface area contributed by atoms with E-state index in [0.717, 1.165) is 43.7 Å². The summed E-state index contributed by atoms with van der Waals surface area (Å²) in [5.41, 5.74) is -0.0737. The first-order chi connectivity index (χ1) is 9.56. The molecule has 0 aromatic carbocycles. The Morgan fingerprint density at radius 2 is 2.30 bits per heavy atom. The average molecular weight is 302 g/mol. The first-order valence-electron chi connectivity index (χ1n) is 7.35. The minimum absolute atomic E-state index is 0.193. The molecule has 2 heterocycles. The molecule has 0 spiro atoms. The molecule has 20 heavy (non-hydrogen) atoms. The molecule has 0 unspecified atom stereocenters. The predicted octanol–water partition coefficient (Wildman–Crippen LogP) is 1.72. The fraction of sp³-hybridized carbons (Fsp3) is 0.786. The predicted molar refractivity (Wildman–Crippen MR) is 78.8 cm³/mol. The van der Waals surface area contributed by atoms with Crippen molar-refractivity contribution in [1.29, 1.82) is 0 Å². The summed E-state index contributed by atoms with van der Waals surface area (Å²) in [6, 6.07) is 0. The Labute approximate surface area is 125 Å². The molecule has 1 aliphatic heterocycles. The molecule has 5 nitrogen and oxygen atoms in total. The van der Waals surface area contributed by atoms with Crippen LogP contribution in [-0.2, 0) is 13.0 Å². The number of β-amino-alcohol motifs (C(OH)–C–C–N with tert-alkyl or cyclic N) is 1. The Hall–Kier alpha value is -0.620. The highest BCUT2D eigenvalue weighted by molar-refractivity contribution is 6.30. The molecule has 0 amide bonds. The molecule has 0 radical (unpaired) electrons. The lowest BCUT2D eigenvalue weighted by Gasteiger charge is -2.37. The van der Waals surface area contributed by atoms with E-state index in [4.69, 9.17) is 11.6 Å². The van der Waals surface area contributed by atoms with E-state index in [-0.39, 0.29) is 6.61 Å².